The van der Waals surface area contributed by atoms with Gasteiger partial charge in [0.05, 0.1) is 11.1 Å². The Labute approximate surface area is 145 Å². The molecule has 1 N–H and O–H groups in total. The number of benzene rings is 1. The van der Waals surface area contributed by atoms with Crippen molar-refractivity contribution in [1.29, 1.82) is 0 Å². The van der Waals surface area contributed by atoms with Crippen LogP contribution in [0.5, 0.6) is 5.75 Å². The minimum Gasteiger partial charge on any atom is -0.507 e. The number of phenols is 1. The van der Waals surface area contributed by atoms with Crippen molar-refractivity contribution in [3.05, 3.63) is 58.9 Å². The minimum atomic E-state index is -0.0824. The van der Waals surface area contributed by atoms with Gasteiger partial charge in [-0.05, 0) is 34.1 Å². The summed E-state index contributed by atoms with van der Waals surface area (Å²) in [5.74, 6) is 0.0744. The summed E-state index contributed by atoms with van der Waals surface area (Å²) < 4.78 is 2.02. The van der Waals surface area contributed by atoms with E-state index < -0.39 is 0 Å². The first-order valence-electron chi connectivity index (χ1n) is 8.33. The van der Waals surface area contributed by atoms with Gasteiger partial charge in [0, 0.05) is 12.1 Å². The predicted octanol–water partition coefficient (Wildman–Crippen LogP) is 4.14. The Balaban J connectivity index is 2.40. The van der Waals surface area contributed by atoms with Crippen LogP contribution in [0.15, 0.2) is 36.7 Å². The number of aromatic nitrogens is 1. The predicted molar refractivity (Wildman–Crippen MR) is 96.6 cm³/mol. The molecule has 0 aliphatic rings. The summed E-state index contributed by atoms with van der Waals surface area (Å²) in [7, 11) is 0. The number of hydrogen-bond acceptors (Lipinski definition) is 2. The van der Waals surface area contributed by atoms with Gasteiger partial charge in [0.2, 0.25) is 0 Å². The van der Waals surface area contributed by atoms with Crippen LogP contribution in [0.1, 0.15) is 68.6 Å². The number of pyridine rings is 1. The van der Waals surface area contributed by atoms with Crippen LogP contribution in [-0.2, 0) is 17.4 Å². The Bertz CT molecular complexity index is 732. The molecular formula is C21H28NO2+. The average Bonchev–Trinajstić information content (AvgIpc) is 2.48. The van der Waals surface area contributed by atoms with Crippen LogP contribution >= 0.6 is 0 Å². The summed E-state index contributed by atoms with van der Waals surface area (Å²) in [6.45, 7) is 13.4. The maximum Gasteiger partial charge on any atom is 0.177 e. The zero-order valence-corrected chi connectivity index (χ0v) is 15.6. The third-order valence-corrected chi connectivity index (χ3v) is 4.32. The molecule has 2 aromatic rings. The number of hydrogen-bond donors (Lipinski definition) is 1. The number of rotatable bonds is 3. The van der Waals surface area contributed by atoms with Crippen LogP contribution in [0.4, 0.5) is 0 Å². The van der Waals surface area contributed by atoms with Gasteiger partial charge in [-0.3, -0.25) is 4.79 Å². The normalized spacial score (nSPS) is 12.2. The fraction of sp³-hybridized carbons (Fsp3) is 0.429. The number of aldehydes is 1. The number of aromatic hydroxyl groups is 1. The molecule has 0 aliphatic carbocycles. The third-order valence-electron chi connectivity index (χ3n) is 4.32. The molecule has 3 nitrogen and oxygen atoms in total. The second-order valence-corrected chi connectivity index (χ2v) is 8.45. The zero-order chi connectivity index (χ0) is 18.1. The van der Waals surface area contributed by atoms with Crippen molar-refractivity contribution >= 4 is 6.29 Å². The Hall–Kier alpha value is -2.16. The number of carbonyl (C=O) groups is 1. The van der Waals surface area contributed by atoms with E-state index in [-0.39, 0.29) is 16.6 Å². The van der Waals surface area contributed by atoms with Gasteiger partial charge >= 0.3 is 0 Å². The molecule has 0 saturated carbocycles. The van der Waals surface area contributed by atoms with Gasteiger partial charge in [0.25, 0.3) is 0 Å². The molecule has 0 fully saturated rings. The lowest BCUT2D eigenvalue weighted by molar-refractivity contribution is -0.688. The fourth-order valence-corrected chi connectivity index (χ4v) is 2.62. The molecule has 0 saturated heterocycles. The highest BCUT2D eigenvalue weighted by Crippen LogP contribution is 2.30. The molecule has 24 heavy (non-hydrogen) atoms. The molecule has 128 valence electrons. The van der Waals surface area contributed by atoms with Gasteiger partial charge in [-0.25, -0.2) is 4.57 Å². The van der Waals surface area contributed by atoms with Crippen LogP contribution in [0.2, 0.25) is 0 Å². The van der Waals surface area contributed by atoms with Gasteiger partial charge in [0.15, 0.2) is 25.2 Å². The highest BCUT2D eigenvalue weighted by molar-refractivity contribution is 5.80. The highest BCUT2D eigenvalue weighted by atomic mass is 16.3. The molecular weight excluding hydrogens is 298 g/mol. The van der Waals surface area contributed by atoms with E-state index >= 15 is 0 Å². The van der Waals surface area contributed by atoms with Crippen molar-refractivity contribution in [3.8, 4) is 5.75 Å². The van der Waals surface area contributed by atoms with Crippen molar-refractivity contribution in [3.63, 3.8) is 0 Å². The summed E-state index contributed by atoms with van der Waals surface area (Å²) in [6, 6.07) is 7.97. The van der Waals surface area contributed by atoms with E-state index in [1.165, 1.54) is 5.56 Å². The van der Waals surface area contributed by atoms with Crippen LogP contribution < -0.4 is 4.57 Å². The summed E-state index contributed by atoms with van der Waals surface area (Å²) in [4.78, 5) is 11.3. The number of phenolic OH excluding ortho intramolecular Hbond substituents is 1. The lowest BCUT2D eigenvalue weighted by atomic mass is 9.84. The molecule has 0 amide bonds. The minimum absolute atomic E-state index is 0.0744. The molecule has 0 aliphatic heterocycles. The van der Waals surface area contributed by atoms with E-state index in [0.29, 0.717) is 12.1 Å². The summed E-state index contributed by atoms with van der Waals surface area (Å²) >= 11 is 0. The van der Waals surface area contributed by atoms with Crippen LogP contribution in [-0.4, -0.2) is 11.4 Å². The molecule has 3 heteroatoms. The lowest BCUT2D eigenvalue weighted by Crippen LogP contribution is -2.34. The second kappa shape index (κ2) is 6.39. The van der Waals surface area contributed by atoms with Crippen molar-refractivity contribution in [1.82, 2.24) is 0 Å². The first-order chi connectivity index (χ1) is 11.0. The quantitative estimate of drug-likeness (QED) is 0.680. The molecule has 1 heterocycles. The molecule has 0 atom stereocenters. The smallest absolute Gasteiger partial charge is 0.177 e. The first kappa shape index (κ1) is 18.2. The third kappa shape index (κ3) is 4.02. The van der Waals surface area contributed by atoms with Crippen molar-refractivity contribution < 1.29 is 14.5 Å². The first-order valence-corrected chi connectivity index (χ1v) is 8.33. The number of carbonyl (C=O) groups excluding carboxylic acids is 1. The maximum absolute atomic E-state index is 11.3. The van der Waals surface area contributed by atoms with E-state index in [9.17, 15) is 9.90 Å². The highest BCUT2D eigenvalue weighted by Gasteiger charge is 2.21. The van der Waals surface area contributed by atoms with E-state index in [1.54, 1.807) is 6.07 Å². The Morgan fingerprint density at radius 3 is 1.96 bits per heavy atom. The van der Waals surface area contributed by atoms with Gasteiger partial charge < -0.3 is 5.11 Å². The van der Waals surface area contributed by atoms with E-state index in [0.717, 1.165) is 17.4 Å². The van der Waals surface area contributed by atoms with Crippen molar-refractivity contribution in [2.75, 3.05) is 0 Å². The molecule has 1 aromatic heterocycles. The largest absolute Gasteiger partial charge is 0.507 e. The molecule has 1 aromatic carbocycles. The second-order valence-electron chi connectivity index (χ2n) is 8.45. The van der Waals surface area contributed by atoms with Crippen molar-refractivity contribution in [2.45, 2.75) is 58.9 Å². The van der Waals surface area contributed by atoms with E-state index in [1.807, 2.05) is 23.0 Å². The Morgan fingerprint density at radius 2 is 1.50 bits per heavy atom. The molecule has 0 bridgehead atoms. The van der Waals surface area contributed by atoms with Crippen molar-refractivity contribution in [2.24, 2.45) is 0 Å². The van der Waals surface area contributed by atoms with Gasteiger partial charge in [-0.1, -0.05) is 41.5 Å². The summed E-state index contributed by atoms with van der Waals surface area (Å²) in [5, 5.41) is 10.4. The van der Waals surface area contributed by atoms with Gasteiger partial charge in [-0.15, -0.1) is 0 Å². The maximum atomic E-state index is 11.3. The van der Waals surface area contributed by atoms with Crippen LogP contribution in [0.3, 0.4) is 0 Å². The summed E-state index contributed by atoms with van der Waals surface area (Å²) in [6.07, 6.45) is 4.76. The molecule has 0 spiro atoms. The molecule has 0 radical (unpaired) electrons. The lowest BCUT2D eigenvalue weighted by Gasteiger charge is -2.21. The van der Waals surface area contributed by atoms with E-state index in [2.05, 4.69) is 53.7 Å². The van der Waals surface area contributed by atoms with E-state index in [4.69, 9.17) is 0 Å². The monoisotopic (exact) mass is 326 g/mol. The topological polar surface area (TPSA) is 41.2 Å². The Kier molecular flexibility index (Phi) is 4.84. The number of nitrogens with zero attached hydrogens (tertiary/aromatic N) is 1. The summed E-state index contributed by atoms with van der Waals surface area (Å²) in [5.41, 5.74) is 3.45. The van der Waals surface area contributed by atoms with Crippen LogP contribution in [0.25, 0.3) is 0 Å². The van der Waals surface area contributed by atoms with Gasteiger partial charge in [0.1, 0.15) is 5.75 Å². The van der Waals surface area contributed by atoms with Gasteiger partial charge in [-0.2, -0.15) is 0 Å². The fourth-order valence-electron chi connectivity index (χ4n) is 2.62. The average molecular weight is 326 g/mol. The molecule has 0 unspecified atom stereocenters. The SMILES string of the molecule is CC(C)(C)c1cc[n+](Cc2cc(C(C)(C)C)cc(C=O)c2O)cc1. The Morgan fingerprint density at radius 1 is 0.958 bits per heavy atom. The zero-order valence-electron chi connectivity index (χ0n) is 15.6. The molecule has 2 rings (SSSR count). The standard InChI is InChI=1S/C21H27NO2/c1-20(2,3)17-7-9-22(10-8-17)13-15-11-18(21(4,5)6)12-16(14-23)19(15)24/h7-12,14H,13H2,1-6H3/p+1. The van der Waals surface area contributed by atoms with Crippen LogP contribution in [0, 0.1) is 0 Å².